The third-order valence-electron chi connectivity index (χ3n) is 5.29. The van der Waals surface area contributed by atoms with Crippen LogP contribution in [0.15, 0.2) is 78.9 Å². The van der Waals surface area contributed by atoms with E-state index in [0.717, 1.165) is 11.1 Å². The molecule has 0 saturated heterocycles. The number of aromatic hydroxyl groups is 3. The van der Waals surface area contributed by atoms with Crippen molar-refractivity contribution in [2.45, 2.75) is 27.7 Å². The van der Waals surface area contributed by atoms with Crippen LogP contribution in [-0.2, 0) is 22.5 Å². The minimum atomic E-state index is -1.94. The number of phenolic OH excluding ortho intramolecular Hbond substituents is 3. The van der Waals surface area contributed by atoms with Gasteiger partial charge in [0.15, 0.2) is 0 Å². The predicted molar refractivity (Wildman–Crippen MR) is 154 cm³/mol. The summed E-state index contributed by atoms with van der Waals surface area (Å²) in [6, 6.07) is 21.6. The number of hydrogen-bond acceptors (Lipinski definition) is 7. The third kappa shape index (κ3) is 9.24. The van der Waals surface area contributed by atoms with Crippen molar-refractivity contribution < 1.29 is 32.1 Å². The minimum Gasteiger partial charge on any atom is -0.508 e. The van der Waals surface area contributed by atoms with Gasteiger partial charge in [-0.05, 0) is 93.4 Å². The van der Waals surface area contributed by atoms with Gasteiger partial charge in [-0.15, -0.1) is 0 Å². The first kappa shape index (κ1) is 29.3. The van der Waals surface area contributed by atoms with Crippen molar-refractivity contribution in [3.05, 3.63) is 101 Å². The van der Waals surface area contributed by atoms with E-state index in [9.17, 15) is 13.5 Å². The topological polar surface area (TPSA) is 137 Å². The lowest BCUT2D eigenvalue weighted by atomic mass is 10.1. The Kier molecular flexibility index (Phi) is 10.2. The van der Waals surface area contributed by atoms with Crippen molar-refractivity contribution in [3.8, 4) is 28.7 Å². The van der Waals surface area contributed by atoms with E-state index in [2.05, 4.69) is 9.44 Å². The molecule has 0 amide bonds. The molecule has 0 fully saturated rings. The molecule has 9 nitrogen and oxygen atoms in total. The number of nitrogens with one attached hydrogen (secondary N) is 2. The number of phenols is 3. The molecule has 0 bridgehead atoms. The van der Waals surface area contributed by atoms with Gasteiger partial charge in [0, 0.05) is 0 Å². The fraction of sp³-hybridized carbons (Fsp3) is 0.143. The summed E-state index contributed by atoms with van der Waals surface area (Å²) < 4.78 is 40.2. The molecule has 0 radical (unpaired) electrons. The standard InChI is InChI=1S/C20H20N2O5S2.C8H10O2/c1-14-3-8-17(9-4-14)26-28(24)21-16-7-12-20(23)19(13-16)22-29(25)27-18-10-5-15(2)6-11-18;1-5-3-8(10)6(2)4-7(5)9/h3-13,21-23H,1-2H3;3-4,9-10H,1-2H3. The molecule has 4 aromatic rings. The molecule has 5 N–H and O–H groups in total. The highest BCUT2D eigenvalue weighted by Gasteiger charge is 2.10. The number of benzene rings is 4. The normalized spacial score (nSPS) is 11.9. The average molecular weight is 571 g/mol. The third-order valence-corrected chi connectivity index (χ3v) is 6.77. The second-order valence-corrected chi connectivity index (χ2v) is 10.3. The molecule has 0 spiro atoms. The smallest absolute Gasteiger partial charge is 0.316 e. The Bertz CT molecular complexity index is 1410. The minimum absolute atomic E-state index is 0.137. The molecule has 4 rings (SSSR count). The molecule has 2 unspecified atom stereocenters. The predicted octanol–water partition coefficient (Wildman–Crippen LogP) is 5.86. The van der Waals surface area contributed by atoms with Gasteiger partial charge in [0.2, 0.25) is 0 Å². The Hall–Kier alpha value is -4.22. The molecule has 0 saturated carbocycles. The van der Waals surface area contributed by atoms with Crippen molar-refractivity contribution in [2.24, 2.45) is 0 Å². The van der Waals surface area contributed by atoms with Crippen molar-refractivity contribution >= 4 is 33.9 Å². The van der Waals surface area contributed by atoms with E-state index < -0.39 is 22.5 Å². The number of hydrogen-bond donors (Lipinski definition) is 5. The SMILES string of the molecule is Cc1cc(O)c(C)cc1O.Cc1ccc(OS(=O)Nc2ccc(O)c(NS(=O)Oc3ccc(C)cc3)c2)cc1. The maximum absolute atomic E-state index is 12.2. The van der Waals surface area contributed by atoms with Crippen LogP contribution in [0.25, 0.3) is 0 Å². The quantitative estimate of drug-likeness (QED) is 0.132. The van der Waals surface area contributed by atoms with Gasteiger partial charge in [-0.3, -0.25) is 9.44 Å². The van der Waals surface area contributed by atoms with Crippen molar-refractivity contribution in [1.29, 1.82) is 0 Å². The first-order valence-electron chi connectivity index (χ1n) is 11.7. The average Bonchev–Trinajstić information content (AvgIpc) is 2.88. The molecular weight excluding hydrogens is 540 g/mol. The maximum Gasteiger partial charge on any atom is 0.316 e. The summed E-state index contributed by atoms with van der Waals surface area (Å²) in [7, 11) is 0. The van der Waals surface area contributed by atoms with E-state index in [1.807, 2.05) is 38.1 Å². The zero-order valence-electron chi connectivity index (χ0n) is 21.8. The number of aryl methyl sites for hydroxylation is 4. The lowest BCUT2D eigenvalue weighted by Gasteiger charge is -2.11. The van der Waals surface area contributed by atoms with E-state index in [-0.39, 0.29) is 22.9 Å². The second kappa shape index (κ2) is 13.5. The molecule has 206 valence electrons. The van der Waals surface area contributed by atoms with Gasteiger partial charge in [0.25, 0.3) is 0 Å². The van der Waals surface area contributed by atoms with Crippen molar-refractivity contribution in [3.63, 3.8) is 0 Å². The van der Waals surface area contributed by atoms with Gasteiger partial charge < -0.3 is 23.7 Å². The fourth-order valence-electron chi connectivity index (χ4n) is 3.06. The summed E-state index contributed by atoms with van der Waals surface area (Å²) in [5.41, 5.74) is 4.04. The molecule has 0 aromatic heterocycles. The Morgan fingerprint density at radius 2 is 1.00 bits per heavy atom. The van der Waals surface area contributed by atoms with Gasteiger partial charge in [-0.25, -0.2) is 0 Å². The Labute approximate surface area is 232 Å². The van der Waals surface area contributed by atoms with Crippen LogP contribution in [-0.4, -0.2) is 23.7 Å². The molecule has 0 aliphatic heterocycles. The monoisotopic (exact) mass is 570 g/mol. The molecule has 39 heavy (non-hydrogen) atoms. The zero-order chi connectivity index (χ0) is 28.5. The van der Waals surface area contributed by atoms with Crippen LogP contribution in [0.3, 0.4) is 0 Å². The molecule has 0 heterocycles. The highest BCUT2D eigenvalue weighted by Crippen LogP contribution is 2.28. The van der Waals surface area contributed by atoms with Crippen molar-refractivity contribution in [1.82, 2.24) is 0 Å². The van der Waals surface area contributed by atoms with Crippen molar-refractivity contribution in [2.75, 3.05) is 9.44 Å². The lowest BCUT2D eigenvalue weighted by Crippen LogP contribution is -2.13. The summed E-state index contributed by atoms with van der Waals surface area (Å²) >= 11 is -3.79. The Morgan fingerprint density at radius 3 is 1.46 bits per heavy atom. The van der Waals surface area contributed by atoms with Crippen LogP contribution in [0.2, 0.25) is 0 Å². The van der Waals surface area contributed by atoms with E-state index >= 15 is 0 Å². The number of anilines is 2. The van der Waals surface area contributed by atoms with Gasteiger partial charge in [0.1, 0.15) is 28.7 Å². The van der Waals surface area contributed by atoms with Gasteiger partial charge in [-0.2, -0.15) is 8.42 Å². The van der Waals surface area contributed by atoms with E-state index in [4.69, 9.17) is 18.6 Å². The fourth-order valence-corrected chi connectivity index (χ4v) is 4.37. The molecule has 0 aliphatic carbocycles. The van der Waals surface area contributed by atoms with Crippen LogP contribution in [0.4, 0.5) is 11.4 Å². The molecule has 11 heteroatoms. The molecule has 2 atom stereocenters. The summed E-state index contributed by atoms with van der Waals surface area (Å²) in [5, 5.41) is 28.2. The lowest BCUT2D eigenvalue weighted by molar-refractivity contribution is 0.453. The molecule has 0 aliphatic rings. The summed E-state index contributed by atoms with van der Waals surface area (Å²) in [6.45, 7) is 7.36. The first-order valence-corrected chi connectivity index (χ1v) is 13.8. The van der Waals surface area contributed by atoms with Crippen LogP contribution in [0.1, 0.15) is 22.3 Å². The Balaban J connectivity index is 0.000000353. The highest BCUT2D eigenvalue weighted by atomic mass is 32.2. The van der Waals surface area contributed by atoms with E-state index in [0.29, 0.717) is 28.3 Å². The summed E-state index contributed by atoms with van der Waals surface area (Å²) in [5.74, 6) is 1.20. The van der Waals surface area contributed by atoms with E-state index in [1.165, 1.54) is 18.2 Å². The summed E-state index contributed by atoms with van der Waals surface area (Å²) in [4.78, 5) is 0. The first-order chi connectivity index (χ1) is 18.5. The van der Waals surface area contributed by atoms with Crippen LogP contribution in [0, 0.1) is 27.7 Å². The van der Waals surface area contributed by atoms with Crippen LogP contribution in [0.5, 0.6) is 28.7 Å². The van der Waals surface area contributed by atoms with Gasteiger partial charge in [-0.1, -0.05) is 35.4 Å². The summed E-state index contributed by atoms with van der Waals surface area (Å²) in [6.07, 6.45) is 0. The molecular formula is C28H30N2O7S2. The Morgan fingerprint density at radius 1 is 0.564 bits per heavy atom. The zero-order valence-corrected chi connectivity index (χ0v) is 23.4. The highest BCUT2D eigenvalue weighted by molar-refractivity contribution is 7.82. The van der Waals surface area contributed by atoms with Gasteiger partial charge in [0.05, 0.1) is 11.4 Å². The maximum atomic E-state index is 12.2. The van der Waals surface area contributed by atoms with E-state index in [1.54, 1.807) is 50.2 Å². The number of rotatable bonds is 8. The second-order valence-electron chi connectivity index (χ2n) is 8.62. The van der Waals surface area contributed by atoms with Crippen LogP contribution < -0.4 is 17.8 Å². The van der Waals surface area contributed by atoms with Gasteiger partial charge >= 0.3 is 22.5 Å². The molecule has 4 aromatic carbocycles. The van der Waals surface area contributed by atoms with Crippen LogP contribution >= 0.6 is 0 Å². The largest absolute Gasteiger partial charge is 0.508 e.